The standard InChI is InChI=1S/C7H10NO2/c1-6(2)7(10)3-4-8-5-9/h1,3-4H2,2H3,(H,8,9). The van der Waals surface area contributed by atoms with E-state index in [1.807, 2.05) is 0 Å². The Bertz CT molecular complexity index is 152. The SMILES string of the molecule is C=C(C)C(=O)CCN[C]=O. The van der Waals surface area contributed by atoms with Crippen LogP contribution >= 0.6 is 0 Å². The molecular formula is C7H10NO2. The number of amides is 1. The van der Waals surface area contributed by atoms with Crippen molar-refractivity contribution >= 4 is 12.2 Å². The summed E-state index contributed by atoms with van der Waals surface area (Å²) in [6.45, 7) is 5.45. The van der Waals surface area contributed by atoms with Gasteiger partial charge in [-0.1, -0.05) is 6.58 Å². The van der Waals surface area contributed by atoms with Crippen molar-refractivity contribution in [2.75, 3.05) is 6.54 Å². The van der Waals surface area contributed by atoms with Gasteiger partial charge in [-0.25, -0.2) is 0 Å². The van der Waals surface area contributed by atoms with Crippen LogP contribution in [0.3, 0.4) is 0 Å². The molecule has 1 N–H and O–H groups in total. The van der Waals surface area contributed by atoms with Crippen molar-refractivity contribution in [3.63, 3.8) is 0 Å². The van der Waals surface area contributed by atoms with Gasteiger partial charge in [0.15, 0.2) is 5.78 Å². The summed E-state index contributed by atoms with van der Waals surface area (Å²) >= 11 is 0. The summed E-state index contributed by atoms with van der Waals surface area (Å²) in [4.78, 5) is 20.3. The Hall–Kier alpha value is -1.12. The lowest BCUT2D eigenvalue weighted by atomic mass is 10.2. The highest BCUT2D eigenvalue weighted by molar-refractivity contribution is 5.94. The van der Waals surface area contributed by atoms with E-state index in [1.165, 1.54) is 6.41 Å². The van der Waals surface area contributed by atoms with E-state index in [2.05, 4.69) is 11.9 Å². The molecule has 0 aliphatic rings. The molecule has 0 aromatic carbocycles. The second-order valence-corrected chi connectivity index (χ2v) is 1.98. The second kappa shape index (κ2) is 4.73. The first-order valence-electron chi connectivity index (χ1n) is 2.97. The van der Waals surface area contributed by atoms with Crippen LogP contribution in [0.4, 0.5) is 0 Å². The lowest BCUT2D eigenvalue weighted by Gasteiger charge is -1.96. The van der Waals surface area contributed by atoms with E-state index >= 15 is 0 Å². The van der Waals surface area contributed by atoms with Crippen LogP contribution in [0, 0.1) is 0 Å². The number of hydrogen-bond donors (Lipinski definition) is 1. The molecular weight excluding hydrogens is 130 g/mol. The minimum Gasteiger partial charge on any atom is -0.347 e. The van der Waals surface area contributed by atoms with Crippen LogP contribution in [-0.4, -0.2) is 18.7 Å². The average molecular weight is 140 g/mol. The molecule has 0 unspecified atom stereocenters. The fourth-order valence-electron chi connectivity index (χ4n) is 0.440. The van der Waals surface area contributed by atoms with Gasteiger partial charge in [0.05, 0.1) is 0 Å². The Morgan fingerprint density at radius 3 is 2.70 bits per heavy atom. The van der Waals surface area contributed by atoms with E-state index in [0.29, 0.717) is 18.5 Å². The van der Waals surface area contributed by atoms with Gasteiger partial charge < -0.3 is 5.32 Å². The highest BCUT2D eigenvalue weighted by Crippen LogP contribution is 1.92. The van der Waals surface area contributed by atoms with Gasteiger partial charge in [-0.3, -0.25) is 9.59 Å². The maximum Gasteiger partial charge on any atom is 0.309 e. The summed E-state index contributed by atoms with van der Waals surface area (Å²) in [7, 11) is 0. The van der Waals surface area contributed by atoms with Gasteiger partial charge in [0, 0.05) is 13.0 Å². The van der Waals surface area contributed by atoms with E-state index in [0.717, 1.165) is 0 Å². The molecule has 0 aliphatic heterocycles. The molecule has 0 aromatic rings. The third-order valence-electron chi connectivity index (χ3n) is 1.03. The van der Waals surface area contributed by atoms with E-state index in [1.54, 1.807) is 6.92 Å². The summed E-state index contributed by atoms with van der Waals surface area (Å²) in [5.41, 5.74) is 0.521. The van der Waals surface area contributed by atoms with Crippen molar-refractivity contribution in [3.05, 3.63) is 12.2 Å². The highest BCUT2D eigenvalue weighted by atomic mass is 16.1. The van der Waals surface area contributed by atoms with Crippen molar-refractivity contribution in [3.8, 4) is 0 Å². The molecule has 3 nitrogen and oxygen atoms in total. The number of Topliss-reactive ketones (excluding diaryl/α,β-unsaturated/α-hetero) is 1. The number of carbonyl (C=O) groups is 1. The van der Waals surface area contributed by atoms with Gasteiger partial charge >= 0.3 is 6.41 Å². The molecule has 0 rings (SSSR count). The summed E-state index contributed by atoms with van der Waals surface area (Å²) in [6.07, 6.45) is 1.79. The third-order valence-corrected chi connectivity index (χ3v) is 1.03. The number of ketones is 1. The molecule has 0 aliphatic carbocycles. The molecule has 3 heteroatoms. The molecule has 10 heavy (non-hydrogen) atoms. The van der Waals surface area contributed by atoms with Crippen LogP contribution in [0.15, 0.2) is 12.2 Å². The van der Waals surface area contributed by atoms with Crippen LogP contribution < -0.4 is 5.32 Å². The topological polar surface area (TPSA) is 46.2 Å². The minimum atomic E-state index is -0.0252. The van der Waals surface area contributed by atoms with Gasteiger partial charge in [-0.2, -0.15) is 0 Å². The van der Waals surface area contributed by atoms with E-state index in [4.69, 9.17) is 0 Å². The van der Waals surface area contributed by atoms with Gasteiger partial charge in [0.25, 0.3) is 0 Å². The highest BCUT2D eigenvalue weighted by Gasteiger charge is 1.99. The van der Waals surface area contributed by atoms with Crippen LogP contribution in [0.2, 0.25) is 0 Å². The van der Waals surface area contributed by atoms with Crippen LogP contribution in [-0.2, 0) is 9.59 Å². The molecule has 0 saturated carbocycles. The molecule has 0 heterocycles. The lowest BCUT2D eigenvalue weighted by molar-refractivity contribution is -0.115. The Labute approximate surface area is 60.1 Å². The molecule has 0 atom stereocenters. The maximum absolute atomic E-state index is 10.7. The first kappa shape index (κ1) is 8.88. The molecule has 0 spiro atoms. The summed E-state index contributed by atoms with van der Waals surface area (Å²) in [5.74, 6) is -0.0252. The number of allylic oxidation sites excluding steroid dienone is 1. The zero-order valence-corrected chi connectivity index (χ0v) is 5.94. The van der Waals surface area contributed by atoms with Crippen molar-refractivity contribution in [2.45, 2.75) is 13.3 Å². The first-order chi connectivity index (χ1) is 4.68. The largest absolute Gasteiger partial charge is 0.347 e. The van der Waals surface area contributed by atoms with Crippen LogP contribution in [0.1, 0.15) is 13.3 Å². The normalized spacial score (nSPS) is 8.50. The molecule has 1 radical (unpaired) electrons. The van der Waals surface area contributed by atoms with Crippen molar-refractivity contribution in [2.24, 2.45) is 0 Å². The third kappa shape index (κ3) is 3.83. The van der Waals surface area contributed by atoms with Gasteiger partial charge in [-0.05, 0) is 12.5 Å². The number of rotatable bonds is 5. The molecule has 0 aromatic heterocycles. The Morgan fingerprint density at radius 1 is 1.70 bits per heavy atom. The average Bonchev–Trinajstić information content (AvgIpc) is 1.88. The zero-order chi connectivity index (χ0) is 7.98. The maximum atomic E-state index is 10.7. The van der Waals surface area contributed by atoms with Gasteiger partial charge in [0.1, 0.15) is 0 Å². The number of hydrogen-bond acceptors (Lipinski definition) is 2. The summed E-state index contributed by atoms with van der Waals surface area (Å²) < 4.78 is 0. The number of nitrogens with one attached hydrogen (secondary N) is 1. The van der Waals surface area contributed by atoms with Crippen molar-refractivity contribution in [1.82, 2.24) is 5.32 Å². The van der Waals surface area contributed by atoms with E-state index in [-0.39, 0.29) is 5.78 Å². The molecule has 55 valence electrons. The fourth-order valence-corrected chi connectivity index (χ4v) is 0.440. The fraction of sp³-hybridized carbons (Fsp3) is 0.429. The van der Waals surface area contributed by atoms with Crippen LogP contribution in [0.5, 0.6) is 0 Å². The lowest BCUT2D eigenvalue weighted by Crippen LogP contribution is -2.16. The first-order valence-corrected chi connectivity index (χ1v) is 2.97. The molecule has 0 saturated heterocycles. The van der Waals surface area contributed by atoms with Gasteiger partial charge in [-0.15, -0.1) is 0 Å². The molecule has 1 amide bonds. The minimum absolute atomic E-state index is 0.0252. The van der Waals surface area contributed by atoms with E-state index < -0.39 is 0 Å². The summed E-state index contributed by atoms with van der Waals surface area (Å²) in [6, 6.07) is 0. The Balaban J connectivity index is 3.40. The van der Waals surface area contributed by atoms with Crippen molar-refractivity contribution in [1.29, 1.82) is 0 Å². The second-order valence-electron chi connectivity index (χ2n) is 1.98. The van der Waals surface area contributed by atoms with E-state index in [9.17, 15) is 9.59 Å². The van der Waals surface area contributed by atoms with Crippen molar-refractivity contribution < 1.29 is 9.59 Å². The molecule has 0 bridgehead atoms. The smallest absolute Gasteiger partial charge is 0.309 e. The Kier molecular flexibility index (Phi) is 4.20. The summed E-state index contributed by atoms with van der Waals surface area (Å²) in [5, 5.41) is 2.27. The molecule has 0 fully saturated rings. The number of carbonyl (C=O) groups excluding carboxylic acids is 2. The van der Waals surface area contributed by atoms with Crippen LogP contribution in [0.25, 0.3) is 0 Å². The van der Waals surface area contributed by atoms with Gasteiger partial charge in [0.2, 0.25) is 0 Å². The Morgan fingerprint density at radius 2 is 2.30 bits per heavy atom. The quantitative estimate of drug-likeness (QED) is 0.336. The predicted octanol–water partition coefficient (Wildman–Crippen LogP) is 0.178. The monoisotopic (exact) mass is 140 g/mol. The zero-order valence-electron chi connectivity index (χ0n) is 5.94. The predicted molar refractivity (Wildman–Crippen MR) is 38.1 cm³/mol.